The van der Waals surface area contributed by atoms with E-state index in [1.54, 1.807) is 0 Å². The normalized spacial score (nSPS) is 25.1. The Kier molecular flexibility index (Phi) is 16.8. The summed E-state index contributed by atoms with van der Waals surface area (Å²) in [6.07, 6.45) is 19.2. The maximum absolute atomic E-state index is 10.00. The fourth-order valence-corrected chi connectivity index (χ4v) is 3.75. The van der Waals surface area contributed by atoms with Crippen molar-refractivity contribution in [2.24, 2.45) is 0 Å². The molecule has 1 rings (SSSR count). The summed E-state index contributed by atoms with van der Waals surface area (Å²) >= 11 is 0. The van der Waals surface area contributed by atoms with E-state index < -0.39 is 24.4 Å². The van der Waals surface area contributed by atoms with Gasteiger partial charge in [-0.3, -0.25) is 0 Å². The molecule has 1 aliphatic heterocycles. The Balaban J connectivity index is 1.85. The van der Waals surface area contributed by atoms with Crippen molar-refractivity contribution >= 4 is 0 Å². The Labute approximate surface area is 178 Å². The van der Waals surface area contributed by atoms with Gasteiger partial charge in [-0.25, -0.2) is 0 Å². The second-order valence-electron chi connectivity index (χ2n) is 8.38. The molecule has 1 saturated heterocycles. The minimum absolute atomic E-state index is 0.213. The zero-order valence-corrected chi connectivity index (χ0v) is 18.6. The molecule has 0 bridgehead atoms. The van der Waals surface area contributed by atoms with Crippen molar-refractivity contribution < 1.29 is 24.8 Å². The lowest BCUT2D eigenvalue weighted by Crippen LogP contribution is -2.55. The van der Waals surface area contributed by atoms with Gasteiger partial charge in [0, 0.05) is 6.61 Å². The fraction of sp³-hybridized carbons (Fsp3) is 0.917. The molecule has 0 radical (unpaired) electrons. The number of ether oxygens (including phenoxy) is 2. The van der Waals surface area contributed by atoms with E-state index in [1.165, 1.54) is 64.2 Å². The predicted molar refractivity (Wildman–Crippen MR) is 118 cm³/mol. The molecule has 0 unspecified atom stereocenters. The summed E-state index contributed by atoms with van der Waals surface area (Å²) in [5.41, 5.74) is 0. The molecular weight excluding hydrogens is 368 g/mol. The Morgan fingerprint density at radius 1 is 0.793 bits per heavy atom. The molecule has 1 heterocycles. The Morgan fingerprint density at radius 3 is 1.93 bits per heavy atom. The van der Waals surface area contributed by atoms with Gasteiger partial charge in [-0.1, -0.05) is 76.9 Å². The van der Waals surface area contributed by atoms with Crippen LogP contribution in [0, 0.1) is 0 Å². The van der Waals surface area contributed by atoms with Crippen molar-refractivity contribution in [3.8, 4) is 0 Å². The maximum Gasteiger partial charge on any atom is 0.111 e. The molecule has 5 nitrogen and oxygen atoms in total. The lowest BCUT2D eigenvalue weighted by molar-refractivity contribution is -0.208. The van der Waals surface area contributed by atoms with E-state index in [0.29, 0.717) is 6.61 Å². The molecule has 0 aromatic rings. The SMILES string of the molecule is CCCCCCCCCCC/C=C/CCCCCO[C@@H]1CO[C@@H](CO)[C@H](O)[C@H]1O. The highest BCUT2D eigenvalue weighted by Crippen LogP contribution is 2.18. The molecule has 172 valence electrons. The highest BCUT2D eigenvalue weighted by Gasteiger charge is 2.38. The van der Waals surface area contributed by atoms with Crippen LogP contribution in [0.25, 0.3) is 0 Å². The van der Waals surface area contributed by atoms with Crippen LogP contribution in [0.1, 0.15) is 96.8 Å². The number of hydrogen-bond acceptors (Lipinski definition) is 5. The summed E-state index contributed by atoms with van der Waals surface area (Å²) in [5.74, 6) is 0. The lowest BCUT2D eigenvalue weighted by atomic mass is 10.0. The fourth-order valence-electron chi connectivity index (χ4n) is 3.75. The highest BCUT2D eigenvalue weighted by atomic mass is 16.6. The molecule has 0 aliphatic carbocycles. The van der Waals surface area contributed by atoms with E-state index >= 15 is 0 Å². The molecule has 4 atom stereocenters. The zero-order valence-electron chi connectivity index (χ0n) is 18.6. The molecule has 0 saturated carbocycles. The minimum atomic E-state index is -1.09. The predicted octanol–water partition coefficient (Wildman–Crippen LogP) is 4.52. The van der Waals surface area contributed by atoms with Gasteiger partial charge < -0.3 is 24.8 Å². The van der Waals surface area contributed by atoms with Gasteiger partial charge in [-0.05, 0) is 32.1 Å². The summed E-state index contributed by atoms with van der Waals surface area (Å²) in [7, 11) is 0. The molecule has 1 aliphatic rings. The highest BCUT2D eigenvalue weighted by molar-refractivity contribution is 4.87. The number of aliphatic hydroxyl groups excluding tert-OH is 3. The summed E-state index contributed by atoms with van der Waals surface area (Å²) in [4.78, 5) is 0. The number of unbranched alkanes of at least 4 members (excludes halogenated alkanes) is 12. The Hall–Kier alpha value is -0.460. The molecule has 0 aromatic heterocycles. The van der Waals surface area contributed by atoms with Crippen molar-refractivity contribution in [1.82, 2.24) is 0 Å². The van der Waals surface area contributed by atoms with Gasteiger partial charge in [0.2, 0.25) is 0 Å². The molecule has 29 heavy (non-hydrogen) atoms. The van der Waals surface area contributed by atoms with E-state index in [2.05, 4.69) is 19.1 Å². The lowest BCUT2D eigenvalue weighted by Gasteiger charge is -2.36. The van der Waals surface area contributed by atoms with Crippen LogP contribution in [0.4, 0.5) is 0 Å². The second kappa shape index (κ2) is 18.3. The molecule has 3 N–H and O–H groups in total. The van der Waals surface area contributed by atoms with Crippen LogP contribution in [-0.2, 0) is 9.47 Å². The third kappa shape index (κ3) is 12.7. The molecule has 0 spiro atoms. The van der Waals surface area contributed by atoms with E-state index in [0.717, 1.165) is 25.7 Å². The topological polar surface area (TPSA) is 79.2 Å². The van der Waals surface area contributed by atoms with E-state index in [-0.39, 0.29) is 13.2 Å². The first-order chi connectivity index (χ1) is 14.2. The Morgan fingerprint density at radius 2 is 1.34 bits per heavy atom. The molecular formula is C24H46O5. The van der Waals surface area contributed by atoms with Crippen molar-refractivity contribution in [3.05, 3.63) is 12.2 Å². The Bertz CT molecular complexity index is 387. The summed E-state index contributed by atoms with van der Waals surface area (Å²) < 4.78 is 11.0. The summed E-state index contributed by atoms with van der Waals surface area (Å²) in [6.45, 7) is 2.75. The quantitative estimate of drug-likeness (QED) is 0.227. The monoisotopic (exact) mass is 414 g/mol. The van der Waals surface area contributed by atoms with Gasteiger partial charge in [0.15, 0.2) is 0 Å². The molecule has 0 aromatic carbocycles. The van der Waals surface area contributed by atoms with E-state index in [1.807, 2.05) is 0 Å². The third-order valence-electron chi connectivity index (χ3n) is 5.75. The first-order valence-electron chi connectivity index (χ1n) is 12.1. The molecule has 5 heteroatoms. The molecule has 0 amide bonds. The van der Waals surface area contributed by atoms with Gasteiger partial charge in [0.05, 0.1) is 13.2 Å². The van der Waals surface area contributed by atoms with E-state index in [9.17, 15) is 10.2 Å². The van der Waals surface area contributed by atoms with Crippen LogP contribution >= 0.6 is 0 Å². The van der Waals surface area contributed by atoms with Crippen LogP contribution in [0.2, 0.25) is 0 Å². The van der Waals surface area contributed by atoms with Crippen molar-refractivity contribution in [1.29, 1.82) is 0 Å². The largest absolute Gasteiger partial charge is 0.394 e. The minimum Gasteiger partial charge on any atom is -0.394 e. The van der Waals surface area contributed by atoms with E-state index in [4.69, 9.17) is 14.6 Å². The smallest absolute Gasteiger partial charge is 0.111 e. The maximum atomic E-state index is 10.00. The van der Waals surface area contributed by atoms with Gasteiger partial charge in [0.1, 0.15) is 24.4 Å². The van der Waals surface area contributed by atoms with Crippen LogP contribution < -0.4 is 0 Å². The first kappa shape index (κ1) is 26.6. The average Bonchev–Trinajstić information content (AvgIpc) is 2.73. The summed E-state index contributed by atoms with van der Waals surface area (Å²) in [6, 6.07) is 0. The van der Waals surface area contributed by atoms with Crippen LogP contribution in [0.3, 0.4) is 0 Å². The van der Waals surface area contributed by atoms with Gasteiger partial charge in [0.25, 0.3) is 0 Å². The third-order valence-corrected chi connectivity index (χ3v) is 5.75. The number of allylic oxidation sites excluding steroid dienone is 2. The number of aliphatic hydroxyl groups is 3. The van der Waals surface area contributed by atoms with Crippen LogP contribution in [-0.4, -0.2) is 59.6 Å². The van der Waals surface area contributed by atoms with Crippen molar-refractivity contribution in [3.63, 3.8) is 0 Å². The van der Waals surface area contributed by atoms with Crippen molar-refractivity contribution in [2.45, 2.75) is 121 Å². The van der Waals surface area contributed by atoms with Gasteiger partial charge >= 0.3 is 0 Å². The van der Waals surface area contributed by atoms with Crippen molar-refractivity contribution in [2.75, 3.05) is 19.8 Å². The van der Waals surface area contributed by atoms with Gasteiger partial charge in [-0.2, -0.15) is 0 Å². The van der Waals surface area contributed by atoms with Gasteiger partial charge in [-0.15, -0.1) is 0 Å². The zero-order chi connectivity index (χ0) is 21.2. The first-order valence-corrected chi connectivity index (χ1v) is 12.1. The second-order valence-corrected chi connectivity index (χ2v) is 8.38. The number of hydrogen-bond donors (Lipinski definition) is 3. The van der Waals surface area contributed by atoms with Crippen LogP contribution in [0.15, 0.2) is 12.2 Å². The number of rotatable bonds is 18. The summed E-state index contributed by atoms with van der Waals surface area (Å²) in [5, 5.41) is 28.9. The van der Waals surface area contributed by atoms with Crippen LogP contribution in [0.5, 0.6) is 0 Å². The average molecular weight is 415 g/mol. The molecule has 1 fully saturated rings. The standard InChI is InChI=1S/C24H46O5/c1-2-3-4-5-6-7-8-9-10-11-12-13-14-15-16-17-18-28-22-20-29-21(19-25)23(26)24(22)27/h12-13,21-27H,2-11,14-20H2,1H3/b13-12+/t21-,22+,23-,24-/m0/s1.